The van der Waals surface area contributed by atoms with Crippen molar-refractivity contribution in [2.75, 3.05) is 5.32 Å². The maximum absolute atomic E-state index is 10.9. The highest BCUT2D eigenvalue weighted by Crippen LogP contribution is 2.32. The third-order valence-corrected chi connectivity index (χ3v) is 4.53. The highest BCUT2D eigenvalue weighted by molar-refractivity contribution is 7.10. The molecular weight excluding hydrogens is 322 g/mol. The zero-order valence-electron chi connectivity index (χ0n) is 12.5. The van der Waals surface area contributed by atoms with E-state index < -0.39 is 4.92 Å². The summed E-state index contributed by atoms with van der Waals surface area (Å²) in [5.74, 6) is 0. The number of non-ortho nitro benzene ring substituents is 1. The SMILES string of the molecule is N#Cc1cc([N+](=O)[O-])ccc1N[C@@H](c1ccccc1)c1cccs1. The van der Waals surface area contributed by atoms with Gasteiger partial charge in [0.2, 0.25) is 0 Å². The smallest absolute Gasteiger partial charge is 0.270 e. The van der Waals surface area contributed by atoms with E-state index in [1.807, 2.05) is 53.9 Å². The Morgan fingerprint density at radius 3 is 2.54 bits per heavy atom. The molecule has 0 bridgehead atoms. The molecule has 3 rings (SSSR count). The van der Waals surface area contributed by atoms with E-state index in [1.165, 1.54) is 12.1 Å². The molecule has 1 heterocycles. The molecule has 1 atom stereocenters. The van der Waals surface area contributed by atoms with E-state index in [9.17, 15) is 15.4 Å². The quantitative estimate of drug-likeness (QED) is 0.540. The van der Waals surface area contributed by atoms with Gasteiger partial charge in [-0.2, -0.15) is 5.26 Å². The molecule has 0 saturated carbocycles. The summed E-state index contributed by atoms with van der Waals surface area (Å²) in [5.41, 5.74) is 1.79. The lowest BCUT2D eigenvalue weighted by Gasteiger charge is -2.20. The Hall–Kier alpha value is -3.17. The van der Waals surface area contributed by atoms with Crippen LogP contribution in [-0.2, 0) is 0 Å². The minimum atomic E-state index is -0.501. The predicted molar refractivity (Wildman–Crippen MR) is 94.0 cm³/mol. The van der Waals surface area contributed by atoms with Crippen molar-refractivity contribution >= 4 is 22.7 Å². The lowest BCUT2D eigenvalue weighted by molar-refractivity contribution is -0.384. The van der Waals surface area contributed by atoms with Crippen molar-refractivity contribution < 1.29 is 4.92 Å². The Bertz CT molecular complexity index is 886. The third-order valence-electron chi connectivity index (χ3n) is 3.59. The number of nitriles is 1. The van der Waals surface area contributed by atoms with Crippen molar-refractivity contribution in [1.29, 1.82) is 5.26 Å². The van der Waals surface area contributed by atoms with Gasteiger partial charge in [-0.1, -0.05) is 36.4 Å². The van der Waals surface area contributed by atoms with Crippen LogP contribution in [-0.4, -0.2) is 4.92 Å². The van der Waals surface area contributed by atoms with E-state index >= 15 is 0 Å². The molecule has 0 aliphatic carbocycles. The molecule has 3 aromatic rings. The molecule has 0 saturated heterocycles. The molecule has 0 fully saturated rings. The molecule has 24 heavy (non-hydrogen) atoms. The zero-order valence-corrected chi connectivity index (χ0v) is 13.4. The summed E-state index contributed by atoms with van der Waals surface area (Å²) in [6.45, 7) is 0. The van der Waals surface area contributed by atoms with Crippen LogP contribution in [0.5, 0.6) is 0 Å². The lowest BCUT2D eigenvalue weighted by Crippen LogP contribution is -2.12. The van der Waals surface area contributed by atoms with Crippen LogP contribution >= 0.6 is 11.3 Å². The van der Waals surface area contributed by atoms with Gasteiger partial charge in [-0.3, -0.25) is 10.1 Å². The number of rotatable bonds is 5. The molecule has 0 spiro atoms. The zero-order chi connectivity index (χ0) is 16.9. The second-order valence-electron chi connectivity index (χ2n) is 5.10. The standard InChI is InChI=1S/C18H13N3O2S/c19-12-14-11-15(21(22)23)8-9-16(14)20-18(17-7-4-10-24-17)13-5-2-1-3-6-13/h1-11,18,20H/t18-/m0/s1. The number of nitrogens with one attached hydrogen (secondary N) is 1. The molecule has 5 nitrogen and oxygen atoms in total. The maximum atomic E-state index is 10.9. The first-order valence-corrected chi connectivity index (χ1v) is 8.10. The molecule has 118 valence electrons. The average Bonchev–Trinajstić information content (AvgIpc) is 3.14. The average molecular weight is 335 g/mol. The summed E-state index contributed by atoms with van der Waals surface area (Å²) in [6, 6.07) is 20.0. The first-order valence-electron chi connectivity index (χ1n) is 7.22. The van der Waals surface area contributed by atoms with Gasteiger partial charge in [0.1, 0.15) is 6.07 Å². The molecule has 0 aliphatic rings. The van der Waals surface area contributed by atoms with Crippen LogP contribution in [0.25, 0.3) is 0 Å². The van der Waals surface area contributed by atoms with Crippen LogP contribution < -0.4 is 5.32 Å². The van der Waals surface area contributed by atoms with Gasteiger partial charge in [0.15, 0.2) is 0 Å². The topological polar surface area (TPSA) is 79.0 Å². The van der Waals surface area contributed by atoms with Crippen molar-refractivity contribution in [3.63, 3.8) is 0 Å². The fraction of sp³-hybridized carbons (Fsp3) is 0.0556. The fourth-order valence-electron chi connectivity index (χ4n) is 2.44. The summed E-state index contributed by atoms with van der Waals surface area (Å²) in [5, 5.41) is 25.6. The van der Waals surface area contributed by atoms with Crippen molar-refractivity contribution in [3.8, 4) is 6.07 Å². The van der Waals surface area contributed by atoms with Crippen molar-refractivity contribution in [2.45, 2.75) is 6.04 Å². The van der Waals surface area contributed by atoms with Gasteiger partial charge >= 0.3 is 0 Å². The summed E-state index contributed by atoms with van der Waals surface area (Å²) < 4.78 is 0. The van der Waals surface area contributed by atoms with Crippen molar-refractivity contribution in [2.24, 2.45) is 0 Å². The van der Waals surface area contributed by atoms with E-state index in [2.05, 4.69) is 5.32 Å². The number of thiophene rings is 1. The Kier molecular flexibility index (Phi) is 4.54. The van der Waals surface area contributed by atoms with Gasteiger partial charge in [-0.05, 0) is 23.1 Å². The molecular formula is C18H13N3O2S. The predicted octanol–water partition coefficient (Wildman–Crippen LogP) is 4.73. The van der Waals surface area contributed by atoms with Crippen LogP contribution in [0.3, 0.4) is 0 Å². The van der Waals surface area contributed by atoms with Crippen molar-refractivity contribution in [3.05, 3.63) is 92.2 Å². The van der Waals surface area contributed by atoms with Crippen molar-refractivity contribution in [1.82, 2.24) is 0 Å². The van der Waals surface area contributed by atoms with Gasteiger partial charge in [0.25, 0.3) is 5.69 Å². The van der Waals surface area contributed by atoms with Gasteiger partial charge in [0.05, 0.1) is 22.2 Å². The third kappa shape index (κ3) is 3.26. The lowest BCUT2D eigenvalue weighted by atomic mass is 10.0. The summed E-state index contributed by atoms with van der Waals surface area (Å²) in [4.78, 5) is 11.5. The molecule has 0 amide bonds. The molecule has 1 N–H and O–H groups in total. The van der Waals surface area contributed by atoms with Gasteiger partial charge < -0.3 is 5.32 Å². The summed E-state index contributed by atoms with van der Waals surface area (Å²) in [6.07, 6.45) is 0. The van der Waals surface area contributed by atoms with E-state index in [1.54, 1.807) is 17.4 Å². The number of hydrogen-bond donors (Lipinski definition) is 1. The Balaban J connectivity index is 2.00. The normalized spacial score (nSPS) is 11.5. The number of anilines is 1. The summed E-state index contributed by atoms with van der Waals surface area (Å²) in [7, 11) is 0. The van der Waals surface area contributed by atoms with E-state index in [0.29, 0.717) is 5.69 Å². The number of nitro benzene ring substituents is 1. The highest BCUT2D eigenvalue weighted by Gasteiger charge is 2.18. The Morgan fingerprint density at radius 2 is 1.92 bits per heavy atom. The number of hydrogen-bond acceptors (Lipinski definition) is 5. The van der Waals surface area contributed by atoms with Crippen LogP contribution in [0.4, 0.5) is 11.4 Å². The molecule has 0 unspecified atom stereocenters. The van der Waals surface area contributed by atoms with Gasteiger partial charge in [-0.25, -0.2) is 0 Å². The second kappa shape index (κ2) is 6.94. The molecule has 6 heteroatoms. The van der Waals surface area contributed by atoms with Crippen LogP contribution in [0, 0.1) is 21.4 Å². The fourth-order valence-corrected chi connectivity index (χ4v) is 3.24. The highest BCUT2D eigenvalue weighted by atomic mass is 32.1. The van der Waals surface area contributed by atoms with Crippen LogP contribution in [0.1, 0.15) is 22.0 Å². The van der Waals surface area contributed by atoms with E-state index in [4.69, 9.17) is 0 Å². The first kappa shape index (κ1) is 15.7. The number of nitro groups is 1. The monoisotopic (exact) mass is 335 g/mol. The molecule has 1 aromatic heterocycles. The van der Waals surface area contributed by atoms with Crippen LogP contribution in [0.2, 0.25) is 0 Å². The molecule has 0 aliphatic heterocycles. The second-order valence-corrected chi connectivity index (χ2v) is 6.08. The maximum Gasteiger partial charge on any atom is 0.270 e. The largest absolute Gasteiger partial charge is 0.372 e. The minimum Gasteiger partial charge on any atom is -0.372 e. The Morgan fingerprint density at radius 1 is 1.12 bits per heavy atom. The van der Waals surface area contributed by atoms with Crippen LogP contribution in [0.15, 0.2) is 66.0 Å². The number of benzene rings is 2. The van der Waals surface area contributed by atoms with E-state index in [0.717, 1.165) is 10.4 Å². The first-order chi connectivity index (χ1) is 11.7. The Labute approximate surface area is 143 Å². The molecule has 2 aromatic carbocycles. The molecule has 0 radical (unpaired) electrons. The summed E-state index contributed by atoms with van der Waals surface area (Å²) >= 11 is 1.61. The minimum absolute atomic E-state index is 0.0931. The number of nitrogens with zero attached hydrogens (tertiary/aromatic N) is 2. The van der Waals surface area contributed by atoms with Gasteiger partial charge in [0, 0.05) is 17.0 Å². The van der Waals surface area contributed by atoms with E-state index in [-0.39, 0.29) is 17.3 Å². The van der Waals surface area contributed by atoms with Gasteiger partial charge in [-0.15, -0.1) is 11.3 Å².